The van der Waals surface area contributed by atoms with Gasteiger partial charge in [-0.2, -0.15) is 0 Å². The maximum atomic E-state index is 12.4. The van der Waals surface area contributed by atoms with Crippen LogP contribution in [0.3, 0.4) is 0 Å². The van der Waals surface area contributed by atoms with Gasteiger partial charge in [0.25, 0.3) is 0 Å². The van der Waals surface area contributed by atoms with Gasteiger partial charge in [0.1, 0.15) is 23.4 Å². The van der Waals surface area contributed by atoms with Crippen molar-refractivity contribution in [2.45, 2.75) is 12.8 Å². The number of aliphatic hydroxyl groups excluding tert-OH is 1. The summed E-state index contributed by atoms with van der Waals surface area (Å²) in [6, 6.07) is 4.43. The van der Waals surface area contributed by atoms with Gasteiger partial charge < -0.3 is 19.4 Å². The number of hydrogen-bond acceptors (Lipinski definition) is 5. The molecule has 4 rings (SSSR count). The Bertz CT molecular complexity index is 943. The number of fused-ring (bicyclic) bond motifs is 4. The molecule has 5 nitrogen and oxygen atoms in total. The molecule has 0 saturated heterocycles. The number of hydrogen-bond donors (Lipinski definition) is 2. The minimum atomic E-state index is -0.572. The van der Waals surface area contributed by atoms with Crippen molar-refractivity contribution in [3.63, 3.8) is 0 Å². The Morgan fingerprint density at radius 1 is 1.14 bits per heavy atom. The number of ether oxygens (including phenoxy) is 1. The smallest absolute Gasteiger partial charge is 0.345 e. The van der Waals surface area contributed by atoms with Crippen LogP contribution in [0.1, 0.15) is 24.0 Å². The van der Waals surface area contributed by atoms with Crippen molar-refractivity contribution < 1.29 is 19.4 Å². The van der Waals surface area contributed by atoms with E-state index in [4.69, 9.17) is 9.15 Å². The zero-order chi connectivity index (χ0) is 15.3. The predicted molar refractivity (Wildman–Crippen MR) is 81.1 cm³/mol. The van der Waals surface area contributed by atoms with Gasteiger partial charge in [-0.3, -0.25) is 0 Å². The summed E-state index contributed by atoms with van der Waals surface area (Å²) in [7, 11) is 0. The van der Waals surface area contributed by atoms with Gasteiger partial charge in [-0.15, -0.1) is 0 Å². The molecule has 110 valence electrons. The Kier molecular flexibility index (Phi) is 2.63. The van der Waals surface area contributed by atoms with E-state index in [1.807, 2.05) is 12.2 Å². The molecule has 1 aliphatic carbocycles. The molecule has 1 aromatic carbocycles. The Morgan fingerprint density at radius 2 is 2.00 bits per heavy atom. The fourth-order valence-corrected chi connectivity index (χ4v) is 2.87. The zero-order valence-electron chi connectivity index (χ0n) is 11.5. The van der Waals surface area contributed by atoms with E-state index in [0.717, 1.165) is 6.42 Å². The molecule has 0 bridgehead atoms. The van der Waals surface area contributed by atoms with Gasteiger partial charge in [-0.25, -0.2) is 4.79 Å². The first-order valence-electron chi connectivity index (χ1n) is 6.91. The molecule has 0 spiro atoms. The standard InChI is InChI=1S/C17H12O5/c18-9-5-6-11-14(7-9)22-17(20)16-10-3-1-2-4-13(10)21-8-12(19)15(11)16/h1,3,5-8,18-19H,2,4H2. The highest BCUT2D eigenvalue weighted by Gasteiger charge is 2.26. The molecule has 2 aromatic rings. The Labute approximate surface area is 125 Å². The Balaban J connectivity index is 2.17. The van der Waals surface area contributed by atoms with Crippen LogP contribution in [0.15, 0.2) is 51.6 Å². The van der Waals surface area contributed by atoms with E-state index < -0.39 is 5.63 Å². The number of phenolic OH excluding ortho intramolecular Hbond substituents is 1. The van der Waals surface area contributed by atoms with Gasteiger partial charge in [0.2, 0.25) is 0 Å². The fraction of sp³-hybridized carbons (Fsp3) is 0.118. The van der Waals surface area contributed by atoms with Crippen molar-refractivity contribution in [2.75, 3.05) is 0 Å². The molecule has 0 fully saturated rings. The Hall–Kier alpha value is -2.95. The van der Waals surface area contributed by atoms with Crippen LogP contribution < -0.4 is 5.63 Å². The average Bonchev–Trinajstić information content (AvgIpc) is 2.65. The van der Waals surface area contributed by atoms with Crippen molar-refractivity contribution in [1.29, 1.82) is 0 Å². The third kappa shape index (κ3) is 1.75. The number of rotatable bonds is 0. The molecule has 2 N–H and O–H groups in total. The summed E-state index contributed by atoms with van der Waals surface area (Å²) in [5.74, 6) is 0.487. The summed E-state index contributed by atoms with van der Waals surface area (Å²) in [6.07, 6.45) is 6.48. The second-order valence-electron chi connectivity index (χ2n) is 5.22. The minimum Gasteiger partial charge on any atom is -0.508 e. The van der Waals surface area contributed by atoms with E-state index in [0.29, 0.717) is 28.7 Å². The molecule has 0 saturated carbocycles. The molecular weight excluding hydrogens is 284 g/mol. The topological polar surface area (TPSA) is 79.9 Å². The van der Waals surface area contributed by atoms with Crippen LogP contribution >= 0.6 is 0 Å². The van der Waals surface area contributed by atoms with Gasteiger partial charge in [-0.1, -0.05) is 12.2 Å². The number of phenols is 1. The molecule has 22 heavy (non-hydrogen) atoms. The van der Waals surface area contributed by atoms with Crippen LogP contribution in [0.2, 0.25) is 0 Å². The quantitative estimate of drug-likeness (QED) is 0.728. The summed E-state index contributed by atoms with van der Waals surface area (Å²) >= 11 is 0. The van der Waals surface area contributed by atoms with Gasteiger partial charge in [0.15, 0.2) is 5.76 Å². The highest BCUT2D eigenvalue weighted by molar-refractivity contribution is 5.96. The van der Waals surface area contributed by atoms with E-state index in [9.17, 15) is 15.0 Å². The number of aliphatic hydroxyl groups is 1. The average molecular weight is 296 g/mol. The summed E-state index contributed by atoms with van der Waals surface area (Å²) in [4.78, 5) is 12.4. The largest absolute Gasteiger partial charge is 0.508 e. The monoisotopic (exact) mass is 296 g/mol. The van der Waals surface area contributed by atoms with Crippen LogP contribution in [-0.2, 0) is 4.74 Å². The second kappa shape index (κ2) is 4.53. The lowest BCUT2D eigenvalue weighted by atomic mass is 9.93. The minimum absolute atomic E-state index is 0.0126. The lowest BCUT2D eigenvalue weighted by Crippen LogP contribution is -2.11. The number of allylic oxidation sites excluding steroid dienone is 4. The van der Waals surface area contributed by atoms with Crippen LogP contribution in [0.25, 0.3) is 22.3 Å². The predicted octanol–water partition coefficient (Wildman–Crippen LogP) is 3.45. The third-order valence-electron chi connectivity index (χ3n) is 3.85. The molecule has 0 unspecified atom stereocenters. The molecule has 5 heteroatoms. The molecule has 0 amide bonds. The van der Waals surface area contributed by atoms with Gasteiger partial charge in [0, 0.05) is 29.0 Å². The van der Waals surface area contributed by atoms with Crippen LogP contribution in [-0.4, -0.2) is 10.2 Å². The van der Waals surface area contributed by atoms with Gasteiger partial charge >= 0.3 is 5.63 Å². The first-order chi connectivity index (χ1) is 10.6. The summed E-state index contributed by atoms with van der Waals surface area (Å²) in [5.41, 5.74) is 0.925. The highest BCUT2D eigenvalue weighted by atomic mass is 16.5. The SMILES string of the molecule is O=c1oc2cc(O)ccc2c2c1C1=C(CCC=C1)OC=C2O. The highest BCUT2D eigenvalue weighted by Crippen LogP contribution is 2.37. The van der Waals surface area contributed by atoms with Crippen molar-refractivity contribution in [3.05, 3.63) is 63.9 Å². The summed E-state index contributed by atoms with van der Waals surface area (Å²) in [5, 5.41) is 20.4. The molecule has 2 aliphatic rings. The first kappa shape index (κ1) is 12.8. The maximum Gasteiger partial charge on any atom is 0.345 e. The van der Waals surface area contributed by atoms with Gasteiger partial charge in [-0.05, 0) is 18.6 Å². The fourth-order valence-electron chi connectivity index (χ4n) is 2.87. The third-order valence-corrected chi connectivity index (χ3v) is 3.85. The Morgan fingerprint density at radius 3 is 2.86 bits per heavy atom. The number of aromatic hydroxyl groups is 1. The van der Waals surface area contributed by atoms with Gasteiger partial charge in [0.05, 0.1) is 5.56 Å². The van der Waals surface area contributed by atoms with Crippen molar-refractivity contribution in [2.24, 2.45) is 0 Å². The van der Waals surface area contributed by atoms with E-state index in [1.54, 1.807) is 6.07 Å². The molecule has 1 aliphatic heterocycles. The van der Waals surface area contributed by atoms with E-state index >= 15 is 0 Å². The lowest BCUT2D eigenvalue weighted by molar-refractivity contribution is 0.326. The molecule has 0 radical (unpaired) electrons. The van der Waals surface area contributed by atoms with Crippen LogP contribution in [0.5, 0.6) is 5.75 Å². The van der Waals surface area contributed by atoms with Crippen molar-refractivity contribution in [3.8, 4) is 5.75 Å². The first-order valence-corrected chi connectivity index (χ1v) is 6.91. The summed E-state index contributed by atoms with van der Waals surface area (Å²) in [6.45, 7) is 0. The van der Waals surface area contributed by atoms with E-state index in [1.165, 1.54) is 18.4 Å². The zero-order valence-corrected chi connectivity index (χ0v) is 11.5. The lowest BCUT2D eigenvalue weighted by Gasteiger charge is -2.14. The van der Waals surface area contributed by atoms with Crippen molar-refractivity contribution in [1.82, 2.24) is 0 Å². The van der Waals surface area contributed by atoms with E-state index in [2.05, 4.69) is 0 Å². The van der Waals surface area contributed by atoms with E-state index in [-0.39, 0.29) is 22.7 Å². The van der Waals surface area contributed by atoms with Crippen LogP contribution in [0.4, 0.5) is 0 Å². The second-order valence-corrected chi connectivity index (χ2v) is 5.22. The maximum absolute atomic E-state index is 12.4. The molecule has 1 aromatic heterocycles. The normalized spacial score (nSPS) is 16.6. The molecule has 0 atom stereocenters. The molecular formula is C17H12O5. The van der Waals surface area contributed by atoms with Crippen LogP contribution in [0, 0.1) is 0 Å². The van der Waals surface area contributed by atoms with Crippen molar-refractivity contribution >= 4 is 22.3 Å². The number of benzene rings is 1. The summed E-state index contributed by atoms with van der Waals surface area (Å²) < 4.78 is 10.8. The molecule has 2 heterocycles.